The highest BCUT2D eigenvalue weighted by Gasteiger charge is 2.20. The second kappa shape index (κ2) is 7.23. The quantitative estimate of drug-likeness (QED) is 0.710. The van der Waals surface area contributed by atoms with E-state index in [-0.39, 0.29) is 23.5 Å². The number of ether oxygens (including phenoxy) is 1. The van der Waals surface area contributed by atoms with Crippen LogP contribution in [0.15, 0.2) is 30.5 Å². The molecule has 1 aliphatic heterocycles. The summed E-state index contributed by atoms with van der Waals surface area (Å²) in [6, 6.07) is 5.28. The topological polar surface area (TPSA) is 97.7 Å². The van der Waals surface area contributed by atoms with Crippen LogP contribution in [0.25, 0.3) is 17.1 Å². The van der Waals surface area contributed by atoms with Crippen LogP contribution in [0.3, 0.4) is 0 Å². The predicted molar refractivity (Wildman–Crippen MR) is 90.2 cm³/mol. The first kappa shape index (κ1) is 17.3. The maximum absolute atomic E-state index is 14.1. The van der Waals surface area contributed by atoms with E-state index in [4.69, 9.17) is 4.74 Å². The Balaban J connectivity index is 1.55. The maximum Gasteiger partial charge on any atom is 0.267 e. The number of halogens is 2. The molecule has 3 heterocycles. The average molecular weight is 374 g/mol. The second-order valence-corrected chi connectivity index (χ2v) is 6.13. The van der Waals surface area contributed by atoms with Crippen molar-refractivity contribution in [1.82, 2.24) is 30.5 Å². The minimum Gasteiger partial charge on any atom is -0.376 e. The molecule has 1 fully saturated rings. The Bertz CT molecular complexity index is 964. The van der Waals surface area contributed by atoms with E-state index in [9.17, 15) is 13.6 Å². The van der Waals surface area contributed by atoms with Crippen LogP contribution < -0.4 is 5.32 Å². The first-order valence-electron chi connectivity index (χ1n) is 8.45. The van der Waals surface area contributed by atoms with Crippen molar-refractivity contribution in [2.24, 2.45) is 0 Å². The monoisotopic (exact) mass is 374 g/mol. The fraction of sp³-hybridized carbons (Fsp3) is 0.294. The van der Waals surface area contributed by atoms with E-state index in [0.29, 0.717) is 24.4 Å². The molecule has 0 radical (unpaired) electrons. The molecule has 27 heavy (non-hydrogen) atoms. The average Bonchev–Trinajstić information content (AvgIpc) is 3.42. The predicted octanol–water partition coefficient (Wildman–Crippen LogP) is 1.84. The highest BCUT2D eigenvalue weighted by atomic mass is 19.2. The number of hydrogen-bond acceptors (Lipinski definition) is 5. The van der Waals surface area contributed by atoms with Gasteiger partial charge in [0.15, 0.2) is 17.5 Å². The zero-order valence-electron chi connectivity index (χ0n) is 14.2. The van der Waals surface area contributed by atoms with Crippen LogP contribution >= 0.6 is 0 Å². The van der Waals surface area contributed by atoms with Crippen molar-refractivity contribution in [1.29, 1.82) is 0 Å². The second-order valence-electron chi connectivity index (χ2n) is 6.13. The van der Waals surface area contributed by atoms with Crippen LogP contribution in [0, 0.1) is 11.6 Å². The molecule has 4 rings (SSSR count). The highest BCUT2D eigenvalue weighted by Crippen LogP contribution is 2.23. The van der Waals surface area contributed by atoms with E-state index in [1.54, 1.807) is 6.07 Å². The Morgan fingerprint density at radius 3 is 3.11 bits per heavy atom. The van der Waals surface area contributed by atoms with Crippen LogP contribution in [0.1, 0.15) is 23.3 Å². The summed E-state index contributed by atoms with van der Waals surface area (Å²) in [5.74, 6) is -2.19. The third kappa shape index (κ3) is 3.43. The van der Waals surface area contributed by atoms with E-state index in [1.807, 2.05) is 0 Å². The third-order valence-corrected chi connectivity index (χ3v) is 4.33. The van der Waals surface area contributed by atoms with Crippen molar-refractivity contribution in [2.45, 2.75) is 18.9 Å². The summed E-state index contributed by atoms with van der Waals surface area (Å²) in [6.07, 6.45) is 3.48. The van der Waals surface area contributed by atoms with Gasteiger partial charge in [0.2, 0.25) is 0 Å². The van der Waals surface area contributed by atoms with Gasteiger partial charge in [0.05, 0.1) is 6.10 Å². The number of aromatic amines is 1. The molecule has 3 aromatic rings. The number of H-pyrrole nitrogens is 1. The Morgan fingerprint density at radius 2 is 2.30 bits per heavy atom. The number of aromatic nitrogens is 5. The summed E-state index contributed by atoms with van der Waals surface area (Å²) in [7, 11) is 0. The van der Waals surface area contributed by atoms with Gasteiger partial charge in [-0.2, -0.15) is 4.68 Å². The minimum atomic E-state index is -1.06. The van der Waals surface area contributed by atoms with Crippen LogP contribution in [0.4, 0.5) is 8.78 Å². The van der Waals surface area contributed by atoms with E-state index in [2.05, 4.69) is 25.8 Å². The number of carbonyl (C=O) groups is 1. The number of rotatable bonds is 5. The highest BCUT2D eigenvalue weighted by molar-refractivity contribution is 5.93. The molecule has 0 saturated carbocycles. The van der Waals surface area contributed by atoms with Crippen molar-refractivity contribution in [3.05, 3.63) is 47.8 Å². The fourth-order valence-corrected chi connectivity index (χ4v) is 2.95. The summed E-state index contributed by atoms with van der Waals surface area (Å²) in [4.78, 5) is 15.1. The van der Waals surface area contributed by atoms with Gasteiger partial charge in [-0.05, 0) is 41.5 Å². The van der Waals surface area contributed by atoms with Gasteiger partial charge in [-0.1, -0.05) is 6.07 Å². The summed E-state index contributed by atoms with van der Waals surface area (Å²) < 4.78 is 34.1. The molecule has 0 aliphatic carbocycles. The lowest BCUT2D eigenvalue weighted by Crippen LogP contribution is -2.31. The van der Waals surface area contributed by atoms with Gasteiger partial charge in [-0.3, -0.25) is 4.79 Å². The minimum absolute atomic E-state index is 0.0339. The summed E-state index contributed by atoms with van der Waals surface area (Å²) in [5, 5.41) is 13.9. The molecule has 0 spiro atoms. The van der Waals surface area contributed by atoms with E-state index in [0.717, 1.165) is 23.6 Å². The van der Waals surface area contributed by atoms with Gasteiger partial charge >= 0.3 is 0 Å². The molecule has 140 valence electrons. The zero-order valence-corrected chi connectivity index (χ0v) is 14.2. The smallest absolute Gasteiger partial charge is 0.267 e. The molecule has 1 aromatic carbocycles. The van der Waals surface area contributed by atoms with Crippen molar-refractivity contribution >= 4 is 5.91 Å². The first-order valence-corrected chi connectivity index (χ1v) is 8.45. The van der Waals surface area contributed by atoms with Gasteiger partial charge in [-0.15, -0.1) is 5.10 Å². The van der Waals surface area contributed by atoms with Crippen molar-refractivity contribution in [2.75, 3.05) is 13.2 Å². The number of hydrogen-bond donors (Lipinski definition) is 2. The normalized spacial score (nSPS) is 16.6. The van der Waals surface area contributed by atoms with Crippen LogP contribution in [0.5, 0.6) is 0 Å². The van der Waals surface area contributed by atoms with Crippen molar-refractivity contribution < 1.29 is 18.3 Å². The zero-order chi connectivity index (χ0) is 18.8. The molecule has 2 aromatic heterocycles. The fourth-order valence-electron chi connectivity index (χ4n) is 2.95. The van der Waals surface area contributed by atoms with Crippen LogP contribution in [-0.4, -0.2) is 50.4 Å². The lowest BCUT2D eigenvalue weighted by atomic mass is 10.2. The lowest BCUT2D eigenvalue weighted by Gasteiger charge is -2.09. The standard InChI is InChI=1S/C17H16F2N6O2/c18-12-4-1-5-14(15(12)19)25-16(22-23-24-25)10-7-13(20-8-10)17(26)21-9-11-3-2-6-27-11/h1,4-5,7-8,11,20H,2-3,6,9H2,(H,21,26)/t11-/m0/s1. The number of carbonyl (C=O) groups excluding carboxylic acids is 1. The SMILES string of the molecule is O=C(NC[C@@H]1CCCO1)c1cc(-c2nnnn2-c2cccc(F)c2F)c[nH]1. The molecule has 1 aliphatic rings. The van der Waals surface area contributed by atoms with Gasteiger partial charge in [0.25, 0.3) is 5.91 Å². The van der Waals surface area contributed by atoms with Crippen molar-refractivity contribution in [3.8, 4) is 17.1 Å². The number of amides is 1. The molecule has 0 unspecified atom stereocenters. The molecule has 1 saturated heterocycles. The number of nitrogens with zero attached hydrogens (tertiary/aromatic N) is 4. The third-order valence-electron chi connectivity index (χ3n) is 4.33. The summed E-state index contributed by atoms with van der Waals surface area (Å²) in [6.45, 7) is 1.14. The van der Waals surface area contributed by atoms with E-state index in [1.165, 1.54) is 18.3 Å². The largest absolute Gasteiger partial charge is 0.376 e. The molecular weight excluding hydrogens is 358 g/mol. The molecule has 1 atom stereocenters. The van der Waals surface area contributed by atoms with Gasteiger partial charge in [0, 0.05) is 24.9 Å². The Labute approximate surface area is 152 Å². The first-order chi connectivity index (χ1) is 13.1. The number of tetrazole rings is 1. The van der Waals surface area contributed by atoms with Crippen LogP contribution in [0.2, 0.25) is 0 Å². The molecule has 10 heteroatoms. The van der Waals surface area contributed by atoms with Crippen molar-refractivity contribution in [3.63, 3.8) is 0 Å². The van der Waals surface area contributed by atoms with Gasteiger partial charge < -0.3 is 15.0 Å². The maximum atomic E-state index is 14.1. The number of nitrogens with one attached hydrogen (secondary N) is 2. The molecule has 8 nitrogen and oxygen atoms in total. The lowest BCUT2D eigenvalue weighted by molar-refractivity contribution is 0.0854. The summed E-state index contributed by atoms with van der Waals surface area (Å²) in [5.41, 5.74) is 0.642. The Morgan fingerprint density at radius 1 is 1.41 bits per heavy atom. The molecule has 2 N–H and O–H groups in total. The summed E-state index contributed by atoms with van der Waals surface area (Å²) >= 11 is 0. The van der Waals surface area contributed by atoms with E-state index >= 15 is 0 Å². The van der Waals surface area contributed by atoms with Crippen LogP contribution in [-0.2, 0) is 4.74 Å². The van der Waals surface area contributed by atoms with E-state index < -0.39 is 11.6 Å². The molecule has 1 amide bonds. The van der Waals surface area contributed by atoms with Gasteiger partial charge in [-0.25, -0.2) is 8.78 Å². The van der Waals surface area contributed by atoms with Gasteiger partial charge in [0.1, 0.15) is 11.4 Å². The Kier molecular flexibility index (Phi) is 4.63. The molecular formula is C17H16F2N6O2. The number of benzene rings is 1. The Hall–Kier alpha value is -3.14. The molecule has 0 bridgehead atoms.